The van der Waals surface area contributed by atoms with Crippen molar-refractivity contribution in [1.29, 1.82) is 5.26 Å². The molecule has 0 saturated heterocycles. The van der Waals surface area contributed by atoms with Crippen LogP contribution in [0.25, 0.3) is 6.08 Å². The second-order valence-electron chi connectivity index (χ2n) is 4.51. The number of halogens is 2. The highest BCUT2D eigenvalue weighted by Crippen LogP contribution is 2.26. The van der Waals surface area contributed by atoms with Gasteiger partial charge < -0.3 is 5.32 Å². The van der Waals surface area contributed by atoms with Crippen LogP contribution in [-0.4, -0.2) is 6.54 Å². The zero-order chi connectivity index (χ0) is 15.1. The summed E-state index contributed by atoms with van der Waals surface area (Å²) < 4.78 is 0. The zero-order valence-corrected chi connectivity index (χ0v) is 12.8. The Morgan fingerprint density at radius 1 is 1.05 bits per heavy atom. The lowest BCUT2D eigenvalue weighted by Crippen LogP contribution is -2.16. The molecule has 0 unspecified atom stereocenters. The van der Waals surface area contributed by atoms with Crippen molar-refractivity contribution < 1.29 is 0 Å². The van der Waals surface area contributed by atoms with Gasteiger partial charge in [-0.05, 0) is 23.8 Å². The monoisotopic (exact) mass is 316 g/mol. The van der Waals surface area contributed by atoms with Gasteiger partial charge in [-0.2, -0.15) is 5.26 Å². The van der Waals surface area contributed by atoms with Gasteiger partial charge in [-0.15, -0.1) is 0 Å². The highest BCUT2D eigenvalue weighted by atomic mass is 35.5. The molecule has 2 aromatic carbocycles. The van der Waals surface area contributed by atoms with E-state index in [-0.39, 0.29) is 0 Å². The fraction of sp³-hybridized carbons (Fsp3) is 0.118. The number of nitrogens with one attached hydrogen (secondary N) is 1. The molecule has 0 aliphatic carbocycles. The van der Waals surface area contributed by atoms with E-state index in [0.717, 1.165) is 0 Å². The van der Waals surface area contributed by atoms with Gasteiger partial charge in [0.2, 0.25) is 0 Å². The molecule has 0 atom stereocenters. The highest BCUT2D eigenvalue weighted by molar-refractivity contribution is 6.37. The standard InChI is InChI=1S/C17H14Cl2N2/c18-16-7-4-8-17(19)15(16)9-14(10-20)12-21-11-13-5-2-1-3-6-13/h1-9,21H,11-12H2/b14-9+. The molecule has 4 heteroatoms. The lowest BCUT2D eigenvalue weighted by molar-refractivity contribution is 0.750. The van der Waals surface area contributed by atoms with E-state index in [1.54, 1.807) is 24.3 Å². The Bertz CT molecular complexity index is 653. The highest BCUT2D eigenvalue weighted by Gasteiger charge is 2.04. The molecule has 0 bridgehead atoms. The molecule has 0 aliphatic heterocycles. The Morgan fingerprint density at radius 2 is 1.71 bits per heavy atom. The van der Waals surface area contributed by atoms with E-state index in [1.807, 2.05) is 30.3 Å². The number of hydrogen-bond donors (Lipinski definition) is 1. The molecular weight excluding hydrogens is 303 g/mol. The average molecular weight is 317 g/mol. The van der Waals surface area contributed by atoms with Gasteiger partial charge in [-0.25, -0.2) is 0 Å². The number of benzene rings is 2. The Morgan fingerprint density at radius 3 is 2.33 bits per heavy atom. The summed E-state index contributed by atoms with van der Waals surface area (Å²) >= 11 is 12.2. The Hall–Kier alpha value is -1.79. The van der Waals surface area contributed by atoms with Gasteiger partial charge in [-0.3, -0.25) is 0 Å². The van der Waals surface area contributed by atoms with Crippen molar-refractivity contribution in [2.45, 2.75) is 6.54 Å². The minimum atomic E-state index is 0.465. The second kappa shape index (κ2) is 7.85. The van der Waals surface area contributed by atoms with Crippen LogP contribution >= 0.6 is 23.2 Å². The number of hydrogen-bond acceptors (Lipinski definition) is 2. The molecule has 106 valence electrons. The Labute approximate surface area is 134 Å². The number of rotatable bonds is 5. The lowest BCUT2D eigenvalue weighted by atomic mass is 10.1. The minimum Gasteiger partial charge on any atom is -0.308 e. The molecular formula is C17H14Cl2N2. The van der Waals surface area contributed by atoms with Crippen LogP contribution in [0.2, 0.25) is 10.0 Å². The molecule has 2 nitrogen and oxygen atoms in total. The van der Waals surface area contributed by atoms with Gasteiger partial charge in [0.25, 0.3) is 0 Å². The van der Waals surface area contributed by atoms with E-state index < -0.39 is 0 Å². The van der Waals surface area contributed by atoms with Gasteiger partial charge >= 0.3 is 0 Å². The van der Waals surface area contributed by atoms with Crippen LogP contribution in [0.5, 0.6) is 0 Å². The topological polar surface area (TPSA) is 35.8 Å². The summed E-state index contributed by atoms with van der Waals surface area (Å²) in [6.07, 6.45) is 1.72. The largest absolute Gasteiger partial charge is 0.308 e. The molecule has 0 spiro atoms. The van der Waals surface area contributed by atoms with Crippen LogP contribution in [0.1, 0.15) is 11.1 Å². The SMILES string of the molecule is N#C/C(=C\c1c(Cl)cccc1Cl)CNCc1ccccc1. The summed E-state index contributed by atoms with van der Waals surface area (Å²) in [5, 5.41) is 13.5. The summed E-state index contributed by atoms with van der Waals surface area (Å²) in [6, 6.07) is 17.5. The van der Waals surface area contributed by atoms with Crippen molar-refractivity contribution in [3.63, 3.8) is 0 Å². The first-order valence-corrected chi connectivity index (χ1v) is 7.25. The second-order valence-corrected chi connectivity index (χ2v) is 5.32. The Balaban J connectivity index is 2.03. The van der Waals surface area contributed by atoms with Gasteiger partial charge in [0, 0.05) is 34.3 Å². The molecule has 0 heterocycles. The van der Waals surface area contributed by atoms with Gasteiger partial charge in [0.1, 0.15) is 0 Å². The van der Waals surface area contributed by atoms with Crippen LogP contribution in [0.3, 0.4) is 0 Å². The number of nitrogens with zero attached hydrogens (tertiary/aromatic N) is 1. The first-order valence-electron chi connectivity index (χ1n) is 6.50. The molecule has 0 aliphatic rings. The fourth-order valence-electron chi connectivity index (χ4n) is 1.88. The predicted molar refractivity (Wildman–Crippen MR) is 88.2 cm³/mol. The maximum absolute atomic E-state index is 9.22. The molecule has 2 aromatic rings. The zero-order valence-electron chi connectivity index (χ0n) is 11.3. The van der Waals surface area contributed by atoms with E-state index in [1.165, 1.54) is 5.56 Å². The van der Waals surface area contributed by atoms with Crippen molar-refractivity contribution in [3.05, 3.63) is 75.3 Å². The predicted octanol–water partition coefficient (Wildman–Crippen LogP) is 4.69. The van der Waals surface area contributed by atoms with Crippen molar-refractivity contribution in [2.24, 2.45) is 0 Å². The Kier molecular flexibility index (Phi) is 5.83. The van der Waals surface area contributed by atoms with E-state index in [4.69, 9.17) is 23.2 Å². The normalized spacial score (nSPS) is 11.2. The number of nitriles is 1. The van der Waals surface area contributed by atoms with Crippen LogP contribution in [-0.2, 0) is 6.54 Å². The van der Waals surface area contributed by atoms with Crippen molar-refractivity contribution in [2.75, 3.05) is 6.54 Å². The summed E-state index contributed by atoms with van der Waals surface area (Å²) in [6.45, 7) is 1.17. The van der Waals surface area contributed by atoms with Gasteiger partial charge in [0.15, 0.2) is 0 Å². The third-order valence-electron chi connectivity index (χ3n) is 2.95. The molecule has 0 saturated carbocycles. The summed E-state index contributed by atoms with van der Waals surface area (Å²) in [4.78, 5) is 0. The maximum Gasteiger partial charge on any atom is 0.0961 e. The van der Waals surface area contributed by atoms with Crippen LogP contribution in [0.4, 0.5) is 0 Å². The van der Waals surface area contributed by atoms with Gasteiger partial charge in [0.05, 0.1) is 6.07 Å². The van der Waals surface area contributed by atoms with Crippen molar-refractivity contribution in [3.8, 4) is 6.07 Å². The molecule has 0 fully saturated rings. The van der Waals surface area contributed by atoms with E-state index in [2.05, 4.69) is 11.4 Å². The van der Waals surface area contributed by atoms with E-state index in [9.17, 15) is 5.26 Å². The fourth-order valence-corrected chi connectivity index (χ4v) is 2.39. The summed E-state index contributed by atoms with van der Waals surface area (Å²) in [5.41, 5.74) is 2.44. The summed E-state index contributed by atoms with van der Waals surface area (Å²) in [7, 11) is 0. The summed E-state index contributed by atoms with van der Waals surface area (Å²) in [5.74, 6) is 0. The quantitative estimate of drug-likeness (QED) is 0.812. The third-order valence-corrected chi connectivity index (χ3v) is 3.61. The molecule has 0 aromatic heterocycles. The molecule has 21 heavy (non-hydrogen) atoms. The van der Waals surface area contributed by atoms with Crippen LogP contribution in [0, 0.1) is 11.3 Å². The molecule has 2 rings (SSSR count). The van der Waals surface area contributed by atoms with Crippen molar-refractivity contribution >= 4 is 29.3 Å². The maximum atomic E-state index is 9.22. The van der Waals surface area contributed by atoms with Crippen LogP contribution in [0.15, 0.2) is 54.1 Å². The van der Waals surface area contributed by atoms with E-state index in [0.29, 0.717) is 34.3 Å². The van der Waals surface area contributed by atoms with E-state index >= 15 is 0 Å². The van der Waals surface area contributed by atoms with Gasteiger partial charge in [-0.1, -0.05) is 59.6 Å². The molecule has 1 N–H and O–H groups in total. The van der Waals surface area contributed by atoms with Crippen molar-refractivity contribution in [1.82, 2.24) is 5.32 Å². The molecule has 0 amide bonds. The lowest BCUT2D eigenvalue weighted by Gasteiger charge is -2.06. The molecule has 0 radical (unpaired) electrons. The van der Waals surface area contributed by atoms with Crippen LogP contribution < -0.4 is 5.32 Å². The third kappa shape index (κ3) is 4.61. The smallest absolute Gasteiger partial charge is 0.0961 e. The first-order chi connectivity index (χ1) is 10.2. The minimum absolute atomic E-state index is 0.465. The first kappa shape index (κ1) is 15.6. The average Bonchev–Trinajstić information content (AvgIpc) is 2.50.